The molecule has 0 amide bonds. The molecule has 0 atom stereocenters. The van der Waals surface area contributed by atoms with Crippen LogP contribution in [0.3, 0.4) is 0 Å². The van der Waals surface area contributed by atoms with Gasteiger partial charge in [0.2, 0.25) is 13.1 Å². The topological polar surface area (TPSA) is 86.3 Å². The first kappa shape index (κ1) is 10.1. The van der Waals surface area contributed by atoms with Gasteiger partial charge in [-0.25, -0.2) is 0 Å². The number of hydrogen-bond acceptors (Lipinski definition) is 4. The molecule has 0 spiro atoms. The summed E-state index contributed by atoms with van der Waals surface area (Å²) in [5.41, 5.74) is 0.795. The number of hydrogen-bond donors (Lipinski definition) is 0. The smallest absolute Gasteiger partial charge is 0.229 e. The molecular formula is C8H8N2O4. The zero-order chi connectivity index (χ0) is 10.6. The first-order valence-electron chi connectivity index (χ1n) is 3.90. The van der Waals surface area contributed by atoms with Crippen LogP contribution in [0.4, 0.5) is 0 Å². The van der Waals surface area contributed by atoms with Gasteiger partial charge in [-0.15, -0.1) is 0 Å². The average molecular weight is 196 g/mol. The molecule has 0 aliphatic rings. The van der Waals surface area contributed by atoms with Crippen LogP contribution < -0.4 is 0 Å². The van der Waals surface area contributed by atoms with Crippen LogP contribution in [0, 0.1) is 20.2 Å². The quantitative estimate of drug-likeness (QED) is 0.535. The second-order valence-corrected chi connectivity index (χ2v) is 2.75. The predicted molar refractivity (Wildman–Crippen MR) is 47.8 cm³/mol. The van der Waals surface area contributed by atoms with Crippen LogP contribution in [0.1, 0.15) is 11.1 Å². The Balaban J connectivity index is 2.90. The summed E-state index contributed by atoms with van der Waals surface area (Å²) in [6.45, 7) is -0.742. The van der Waals surface area contributed by atoms with Crippen LogP contribution in [0.5, 0.6) is 0 Å². The van der Waals surface area contributed by atoms with Crippen LogP contribution in [0.2, 0.25) is 0 Å². The Morgan fingerprint density at radius 3 is 1.57 bits per heavy atom. The third-order valence-corrected chi connectivity index (χ3v) is 1.72. The van der Waals surface area contributed by atoms with Crippen molar-refractivity contribution in [3.05, 3.63) is 55.6 Å². The van der Waals surface area contributed by atoms with Crippen molar-refractivity contribution in [1.82, 2.24) is 0 Å². The van der Waals surface area contributed by atoms with Gasteiger partial charge in [-0.05, 0) is 0 Å². The Kier molecular flexibility index (Phi) is 3.11. The van der Waals surface area contributed by atoms with E-state index in [2.05, 4.69) is 0 Å². The molecule has 0 saturated heterocycles. The summed E-state index contributed by atoms with van der Waals surface area (Å²) in [4.78, 5) is 19.5. The van der Waals surface area contributed by atoms with Crippen LogP contribution in [-0.2, 0) is 13.1 Å². The molecule has 0 fully saturated rings. The van der Waals surface area contributed by atoms with Gasteiger partial charge < -0.3 is 0 Å². The van der Waals surface area contributed by atoms with Crippen molar-refractivity contribution in [3.63, 3.8) is 0 Å². The van der Waals surface area contributed by atoms with Crippen LogP contribution in [0.25, 0.3) is 0 Å². The molecule has 1 rings (SSSR count). The van der Waals surface area contributed by atoms with E-state index in [0.717, 1.165) is 0 Å². The second kappa shape index (κ2) is 4.31. The van der Waals surface area contributed by atoms with E-state index in [1.807, 2.05) is 0 Å². The van der Waals surface area contributed by atoms with Crippen LogP contribution in [-0.4, -0.2) is 9.85 Å². The Labute approximate surface area is 79.5 Å². The minimum Gasteiger partial charge on any atom is -0.264 e. The highest BCUT2D eigenvalue weighted by molar-refractivity contribution is 5.25. The van der Waals surface area contributed by atoms with Gasteiger partial charge in [0.15, 0.2) is 0 Å². The third-order valence-electron chi connectivity index (χ3n) is 1.72. The molecule has 6 heteroatoms. The predicted octanol–water partition coefficient (Wildman–Crippen LogP) is 1.24. The van der Waals surface area contributed by atoms with Gasteiger partial charge in [0, 0.05) is 21.0 Å². The molecule has 0 unspecified atom stereocenters. The van der Waals surface area contributed by atoms with E-state index in [0.29, 0.717) is 11.1 Å². The summed E-state index contributed by atoms with van der Waals surface area (Å²) < 4.78 is 0. The number of rotatable bonds is 4. The van der Waals surface area contributed by atoms with Gasteiger partial charge in [0.1, 0.15) is 0 Å². The lowest BCUT2D eigenvalue weighted by molar-refractivity contribution is -0.503. The van der Waals surface area contributed by atoms with E-state index in [1.54, 1.807) is 12.1 Å². The fraction of sp³-hybridized carbons (Fsp3) is 0.250. The normalized spacial score (nSPS) is 9.71. The molecule has 0 radical (unpaired) electrons. The summed E-state index contributed by atoms with van der Waals surface area (Å²) in [6, 6.07) is 6.31. The highest BCUT2D eigenvalue weighted by atomic mass is 16.6. The van der Waals surface area contributed by atoms with Crippen molar-refractivity contribution in [2.75, 3.05) is 0 Å². The first-order chi connectivity index (χ1) is 6.59. The second-order valence-electron chi connectivity index (χ2n) is 2.75. The minimum absolute atomic E-state index is 0.371. The summed E-state index contributed by atoms with van der Waals surface area (Å²) in [7, 11) is 0. The zero-order valence-corrected chi connectivity index (χ0v) is 7.25. The van der Waals surface area contributed by atoms with Gasteiger partial charge in [0.05, 0.1) is 0 Å². The van der Waals surface area contributed by atoms with Crippen molar-refractivity contribution in [2.45, 2.75) is 13.1 Å². The zero-order valence-electron chi connectivity index (χ0n) is 7.25. The minimum atomic E-state index is -0.501. The van der Waals surface area contributed by atoms with E-state index >= 15 is 0 Å². The summed E-state index contributed by atoms with van der Waals surface area (Å²) in [5.74, 6) is 0. The standard InChI is InChI=1S/C8H8N2O4/c11-9(12)5-7-3-1-2-4-8(7)6-10(13)14/h1-4H,5-6H2. The molecule has 0 bridgehead atoms. The van der Waals surface area contributed by atoms with Gasteiger partial charge in [-0.2, -0.15) is 0 Å². The lowest BCUT2D eigenvalue weighted by Gasteiger charge is -2.00. The SMILES string of the molecule is O=[N+]([O-])Cc1ccccc1C[N+](=O)[O-]. The number of nitrogens with zero attached hydrogens (tertiary/aromatic N) is 2. The van der Waals surface area contributed by atoms with E-state index in [4.69, 9.17) is 0 Å². The summed E-state index contributed by atoms with van der Waals surface area (Å²) in [6.07, 6.45) is 0. The van der Waals surface area contributed by atoms with E-state index in [1.165, 1.54) is 12.1 Å². The third kappa shape index (κ3) is 2.81. The Morgan fingerprint density at radius 1 is 0.929 bits per heavy atom. The molecule has 0 N–H and O–H groups in total. The van der Waals surface area contributed by atoms with Gasteiger partial charge in [-0.3, -0.25) is 20.2 Å². The maximum Gasteiger partial charge on any atom is 0.229 e. The first-order valence-corrected chi connectivity index (χ1v) is 3.90. The molecule has 0 aromatic heterocycles. The highest BCUT2D eigenvalue weighted by Crippen LogP contribution is 2.10. The summed E-state index contributed by atoms with van der Waals surface area (Å²) >= 11 is 0. The molecule has 0 saturated carbocycles. The number of nitro groups is 2. The van der Waals surface area contributed by atoms with Crippen LogP contribution >= 0.6 is 0 Å². The number of benzene rings is 1. The van der Waals surface area contributed by atoms with E-state index in [-0.39, 0.29) is 13.1 Å². The molecule has 1 aromatic rings. The fourth-order valence-corrected chi connectivity index (χ4v) is 1.14. The van der Waals surface area contributed by atoms with E-state index < -0.39 is 9.85 Å². The monoisotopic (exact) mass is 196 g/mol. The Hall–Kier alpha value is -1.98. The Morgan fingerprint density at radius 2 is 1.29 bits per heavy atom. The summed E-state index contributed by atoms with van der Waals surface area (Å²) in [5, 5.41) is 20.5. The van der Waals surface area contributed by atoms with Crippen molar-refractivity contribution in [3.8, 4) is 0 Å². The largest absolute Gasteiger partial charge is 0.264 e. The maximum atomic E-state index is 10.2. The molecule has 0 aliphatic carbocycles. The molecular weight excluding hydrogens is 188 g/mol. The van der Waals surface area contributed by atoms with Crippen molar-refractivity contribution in [2.24, 2.45) is 0 Å². The van der Waals surface area contributed by atoms with Crippen LogP contribution in [0.15, 0.2) is 24.3 Å². The average Bonchev–Trinajstić information content (AvgIpc) is 2.06. The fourth-order valence-electron chi connectivity index (χ4n) is 1.14. The van der Waals surface area contributed by atoms with Crippen molar-refractivity contribution in [1.29, 1.82) is 0 Å². The Bertz CT molecular complexity index is 329. The maximum absolute atomic E-state index is 10.2. The molecule has 1 aromatic carbocycles. The molecule has 0 heterocycles. The van der Waals surface area contributed by atoms with Crippen molar-refractivity contribution >= 4 is 0 Å². The van der Waals surface area contributed by atoms with Gasteiger partial charge in [-0.1, -0.05) is 24.3 Å². The van der Waals surface area contributed by atoms with Crippen molar-refractivity contribution < 1.29 is 9.85 Å². The molecule has 14 heavy (non-hydrogen) atoms. The highest BCUT2D eigenvalue weighted by Gasteiger charge is 2.11. The van der Waals surface area contributed by atoms with E-state index in [9.17, 15) is 20.2 Å². The van der Waals surface area contributed by atoms with Gasteiger partial charge >= 0.3 is 0 Å². The van der Waals surface area contributed by atoms with Gasteiger partial charge in [0.25, 0.3) is 0 Å². The molecule has 74 valence electrons. The lowest BCUT2D eigenvalue weighted by Crippen LogP contribution is -2.06. The molecule has 6 nitrogen and oxygen atoms in total. The lowest BCUT2D eigenvalue weighted by atomic mass is 10.1. The molecule has 0 aliphatic heterocycles.